The molecule has 2 aromatic heterocycles. The summed E-state index contributed by atoms with van der Waals surface area (Å²) in [6.45, 7) is 7.57. The van der Waals surface area contributed by atoms with E-state index >= 15 is 0 Å². The topological polar surface area (TPSA) is 42.2 Å². The van der Waals surface area contributed by atoms with Crippen LogP contribution in [0.3, 0.4) is 0 Å². The van der Waals surface area contributed by atoms with Gasteiger partial charge in [-0.3, -0.25) is 0 Å². The van der Waals surface area contributed by atoms with Crippen molar-refractivity contribution in [1.82, 2.24) is 14.6 Å². The van der Waals surface area contributed by atoms with Crippen LogP contribution < -0.4 is 5.32 Å². The first-order chi connectivity index (χ1) is 7.94. The molecule has 0 atom stereocenters. The highest BCUT2D eigenvalue weighted by Crippen LogP contribution is 2.18. The van der Waals surface area contributed by atoms with Crippen molar-refractivity contribution in [3.05, 3.63) is 22.8 Å². The second-order valence-corrected chi connectivity index (χ2v) is 6.24. The molecule has 0 bridgehead atoms. The smallest absolute Gasteiger partial charge is 0.243 e. The molecule has 0 spiro atoms. The van der Waals surface area contributed by atoms with E-state index in [1.807, 2.05) is 18.3 Å². The number of rotatable bonds is 3. The number of hydrogen-bond donors (Lipinski definition) is 1. The fourth-order valence-corrected chi connectivity index (χ4v) is 1.81. The molecule has 0 saturated heterocycles. The zero-order valence-electron chi connectivity index (χ0n) is 10.4. The van der Waals surface area contributed by atoms with Crippen molar-refractivity contribution in [3.63, 3.8) is 0 Å². The van der Waals surface area contributed by atoms with Gasteiger partial charge in [0.1, 0.15) is 0 Å². The fraction of sp³-hybridized carbons (Fsp3) is 0.500. The van der Waals surface area contributed by atoms with Crippen LogP contribution in [0.5, 0.6) is 0 Å². The Hall–Kier alpha value is -1.10. The van der Waals surface area contributed by atoms with Gasteiger partial charge in [0.15, 0.2) is 5.65 Å². The van der Waals surface area contributed by atoms with E-state index in [2.05, 4.69) is 52.1 Å². The van der Waals surface area contributed by atoms with Crippen LogP contribution >= 0.6 is 15.9 Å². The molecule has 0 aromatic carbocycles. The third kappa shape index (κ3) is 3.43. The maximum Gasteiger partial charge on any atom is 0.243 e. The van der Waals surface area contributed by atoms with Crippen molar-refractivity contribution in [1.29, 1.82) is 0 Å². The Labute approximate surface area is 110 Å². The number of hydrogen-bond acceptors (Lipinski definition) is 3. The molecule has 0 amide bonds. The fourth-order valence-electron chi connectivity index (χ4n) is 1.48. The van der Waals surface area contributed by atoms with E-state index in [0.717, 1.165) is 23.1 Å². The minimum Gasteiger partial charge on any atom is -0.353 e. The van der Waals surface area contributed by atoms with Crippen LogP contribution in [-0.4, -0.2) is 21.1 Å². The van der Waals surface area contributed by atoms with E-state index in [4.69, 9.17) is 0 Å². The molecule has 0 aliphatic carbocycles. The molecule has 0 radical (unpaired) electrons. The first-order valence-corrected chi connectivity index (χ1v) is 6.49. The van der Waals surface area contributed by atoms with Crippen LogP contribution in [0.25, 0.3) is 5.65 Å². The Bertz CT molecular complexity index is 513. The molecule has 0 unspecified atom stereocenters. The highest BCUT2D eigenvalue weighted by atomic mass is 79.9. The number of anilines is 1. The number of nitrogens with zero attached hydrogens (tertiary/aromatic N) is 3. The number of halogens is 1. The second kappa shape index (κ2) is 4.64. The van der Waals surface area contributed by atoms with Gasteiger partial charge in [-0.05, 0) is 39.9 Å². The average molecular weight is 297 g/mol. The summed E-state index contributed by atoms with van der Waals surface area (Å²) in [6.07, 6.45) is 2.99. The average Bonchev–Trinajstić information content (AvgIpc) is 2.57. The van der Waals surface area contributed by atoms with Gasteiger partial charge in [0.25, 0.3) is 0 Å². The van der Waals surface area contributed by atoms with Gasteiger partial charge in [-0.2, -0.15) is 4.98 Å². The molecule has 92 valence electrons. The first kappa shape index (κ1) is 12.4. The quantitative estimate of drug-likeness (QED) is 0.944. The summed E-state index contributed by atoms with van der Waals surface area (Å²) in [7, 11) is 0. The van der Waals surface area contributed by atoms with E-state index in [1.54, 1.807) is 4.52 Å². The Morgan fingerprint density at radius 1 is 1.35 bits per heavy atom. The molecule has 1 N–H and O–H groups in total. The van der Waals surface area contributed by atoms with Crippen LogP contribution in [0.4, 0.5) is 5.95 Å². The molecule has 2 heterocycles. The lowest BCUT2D eigenvalue weighted by atomic mass is 9.92. The number of nitrogens with one attached hydrogen (secondary N) is 1. The predicted octanol–water partition coefficient (Wildman–Crippen LogP) is 3.34. The first-order valence-electron chi connectivity index (χ1n) is 5.70. The second-order valence-electron chi connectivity index (χ2n) is 5.32. The van der Waals surface area contributed by atoms with Gasteiger partial charge in [-0.1, -0.05) is 20.8 Å². The predicted molar refractivity (Wildman–Crippen MR) is 73.2 cm³/mol. The summed E-state index contributed by atoms with van der Waals surface area (Å²) in [5, 5.41) is 7.61. The number of aromatic nitrogens is 3. The Morgan fingerprint density at radius 2 is 2.12 bits per heavy atom. The minimum absolute atomic E-state index is 0.329. The van der Waals surface area contributed by atoms with Gasteiger partial charge in [-0.25, -0.2) is 4.52 Å². The van der Waals surface area contributed by atoms with Crippen molar-refractivity contribution >= 4 is 27.5 Å². The Balaban J connectivity index is 2.05. The summed E-state index contributed by atoms with van der Waals surface area (Å²) >= 11 is 3.41. The largest absolute Gasteiger partial charge is 0.353 e. The third-order valence-electron chi connectivity index (χ3n) is 2.45. The van der Waals surface area contributed by atoms with Crippen molar-refractivity contribution < 1.29 is 0 Å². The van der Waals surface area contributed by atoms with Crippen LogP contribution in [0, 0.1) is 5.41 Å². The molecule has 0 aliphatic heterocycles. The lowest BCUT2D eigenvalue weighted by molar-refractivity contribution is 0.389. The van der Waals surface area contributed by atoms with Crippen molar-refractivity contribution in [2.45, 2.75) is 27.2 Å². The van der Waals surface area contributed by atoms with Crippen molar-refractivity contribution in [2.75, 3.05) is 11.9 Å². The SMILES string of the molecule is CC(C)(C)CCNc1nc2ccc(Br)cn2n1. The van der Waals surface area contributed by atoms with E-state index in [-0.39, 0.29) is 0 Å². The summed E-state index contributed by atoms with van der Waals surface area (Å²) in [5.41, 5.74) is 1.18. The molecular weight excluding hydrogens is 280 g/mol. The maximum absolute atomic E-state index is 4.39. The summed E-state index contributed by atoms with van der Waals surface area (Å²) in [6, 6.07) is 3.90. The van der Waals surface area contributed by atoms with Gasteiger partial charge >= 0.3 is 0 Å². The molecule has 0 aliphatic rings. The van der Waals surface area contributed by atoms with Crippen LogP contribution in [-0.2, 0) is 0 Å². The molecule has 5 heteroatoms. The molecular formula is C12H17BrN4. The monoisotopic (exact) mass is 296 g/mol. The molecule has 4 nitrogen and oxygen atoms in total. The zero-order chi connectivity index (χ0) is 12.5. The minimum atomic E-state index is 0.329. The number of fused-ring (bicyclic) bond motifs is 1. The molecule has 0 saturated carbocycles. The maximum atomic E-state index is 4.39. The van der Waals surface area contributed by atoms with E-state index in [1.165, 1.54) is 0 Å². The zero-order valence-corrected chi connectivity index (χ0v) is 12.0. The Kier molecular flexibility index (Phi) is 3.38. The van der Waals surface area contributed by atoms with Crippen LogP contribution in [0.15, 0.2) is 22.8 Å². The molecule has 2 rings (SSSR count). The van der Waals surface area contributed by atoms with Crippen LogP contribution in [0.2, 0.25) is 0 Å². The lowest BCUT2D eigenvalue weighted by Crippen LogP contribution is -2.13. The van der Waals surface area contributed by atoms with Gasteiger partial charge in [0.2, 0.25) is 5.95 Å². The van der Waals surface area contributed by atoms with Gasteiger partial charge < -0.3 is 5.32 Å². The molecule has 2 aromatic rings. The van der Waals surface area contributed by atoms with Gasteiger partial charge in [0, 0.05) is 17.2 Å². The highest BCUT2D eigenvalue weighted by molar-refractivity contribution is 9.10. The molecule has 17 heavy (non-hydrogen) atoms. The normalized spacial score (nSPS) is 12.0. The van der Waals surface area contributed by atoms with Crippen LogP contribution in [0.1, 0.15) is 27.2 Å². The Morgan fingerprint density at radius 3 is 2.82 bits per heavy atom. The third-order valence-corrected chi connectivity index (χ3v) is 2.92. The van der Waals surface area contributed by atoms with Gasteiger partial charge in [-0.15, -0.1) is 5.10 Å². The van der Waals surface area contributed by atoms with E-state index < -0.39 is 0 Å². The van der Waals surface area contributed by atoms with Crippen molar-refractivity contribution in [2.24, 2.45) is 5.41 Å². The van der Waals surface area contributed by atoms with Crippen molar-refractivity contribution in [3.8, 4) is 0 Å². The van der Waals surface area contributed by atoms with E-state index in [0.29, 0.717) is 11.4 Å². The molecule has 0 fully saturated rings. The summed E-state index contributed by atoms with van der Waals surface area (Å²) < 4.78 is 2.76. The highest BCUT2D eigenvalue weighted by Gasteiger charge is 2.10. The summed E-state index contributed by atoms with van der Waals surface area (Å²) in [4.78, 5) is 4.39. The standard InChI is InChI=1S/C12H17BrN4/c1-12(2,3)6-7-14-11-15-10-5-4-9(13)8-17(10)16-11/h4-5,8H,6-7H2,1-3H3,(H,14,16). The van der Waals surface area contributed by atoms with E-state index in [9.17, 15) is 0 Å². The lowest BCUT2D eigenvalue weighted by Gasteiger charge is -2.17. The number of pyridine rings is 1. The van der Waals surface area contributed by atoms with Gasteiger partial charge in [0.05, 0.1) is 0 Å². The summed E-state index contributed by atoms with van der Waals surface area (Å²) in [5.74, 6) is 0.687.